The van der Waals surface area contributed by atoms with Gasteiger partial charge in [-0.25, -0.2) is 0 Å². The van der Waals surface area contributed by atoms with Crippen molar-refractivity contribution in [2.75, 3.05) is 0 Å². The minimum atomic E-state index is -2.12. The van der Waals surface area contributed by atoms with Gasteiger partial charge in [-0.1, -0.05) is 0 Å². The second kappa shape index (κ2) is 7.96. The molecule has 0 saturated heterocycles. The number of hydrogen-bond donors (Lipinski definition) is 0. The Labute approximate surface area is 79.7 Å². The van der Waals surface area contributed by atoms with Gasteiger partial charge >= 0.3 is 37.7 Å². The van der Waals surface area contributed by atoms with Crippen LogP contribution in [0.15, 0.2) is 0 Å². The molecule has 0 aromatic heterocycles. The summed E-state index contributed by atoms with van der Waals surface area (Å²) in [7, 11) is 0. The Morgan fingerprint density at radius 2 is 1.33 bits per heavy atom. The summed E-state index contributed by atoms with van der Waals surface area (Å²) in [5, 5.41) is 18.1. The molecular formula is C2H2CaO6. The molecule has 0 rings (SSSR count). The van der Waals surface area contributed by atoms with Crippen LogP contribution < -0.4 is 10.2 Å². The standard InChI is InChI=1S/C2H2O5.Ca.H2O/c3-1(4)7-2(5)6;;/h(H,3,4)(H,5,6);;1H2/q;+2;/p-2. The van der Waals surface area contributed by atoms with Crippen LogP contribution >= 0.6 is 0 Å². The van der Waals surface area contributed by atoms with E-state index in [-0.39, 0.29) is 43.2 Å². The summed E-state index contributed by atoms with van der Waals surface area (Å²) in [6, 6.07) is 0. The molecule has 6 nitrogen and oxygen atoms in total. The number of carboxylic acid groups (broad SMARTS) is 2. The SMILES string of the molecule is O.O=C([O-])OC(=O)[O-].[Ca+2]. The normalized spacial score (nSPS) is 5.78. The molecule has 0 aromatic rings. The zero-order chi connectivity index (χ0) is 5.86. The van der Waals surface area contributed by atoms with E-state index >= 15 is 0 Å². The van der Waals surface area contributed by atoms with Crippen LogP contribution in [-0.4, -0.2) is 55.5 Å². The predicted molar refractivity (Wildman–Crippen MR) is 21.2 cm³/mol. The molecule has 0 heterocycles. The van der Waals surface area contributed by atoms with Crippen LogP contribution in [0.2, 0.25) is 0 Å². The van der Waals surface area contributed by atoms with Crippen LogP contribution in [0.1, 0.15) is 0 Å². The Balaban J connectivity index is -0.000000180. The van der Waals surface area contributed by atoms with Gasteiger partial charge in [-0.15, -0.1) is 0 Å². The molecule has 0 atom stereocenters. The van der Waals surface area contributed by atoms with Crippen molar-refractivity contribution in [2.45, 2.75) is 0 Å². The van der Waals surface area contributed by atoms with Crippen LogP contribution in [-0.2, 0) is 4.74 Å². The Morgan fingerprint density at radius 1 is 1.11 bits per heavy atom. The molecule has 0 spiro atoms. The van der Waals surface area contributed by atoms with Crippen LogP contribution in [0, 0.1) is 0 Å². The molecule has 9 heavy (non-hydrogen) atoms. The van der Waals surface area contributed by atoms with E-state index in [1.807, 2.05) is 0 Å². The van der Waals surface area contributed by atoms with Crippen LogP contribution in [0.5, 0.6) is 0 Å². The van der Waals surface area contributed by atoms with Crippen LogP contribution in [0.4, 0.5) is 9.59 Å². The summed E-state index contributed by atoms with van der Waals surface area (Å²) in [6.07, 6.45) is -4.25. The van der Waals surface area contributed by atoms with E-state index in [4.69, 9.17) is 19.8 Å². The topological polar surface area (TPSA) is 121 Å². The average molecular weight is 162 g/mol. The quantitative estimate of drug-likeness (QED) is 0.207. The van der Waals surface area contributed by atoms with Gasteiger partial charge in [0, 0.05) is 0 Å². The van der Waals surface area contributed by atoms with Crippen molar-refractivity contribution < 1.29 is 30.0 Å². The monoisotopic (exact) mass is 162 g/mol. The predicted octanol–water partition coefficient (Wildman–Crippen LogP) is -3.52. The first-order chi connectivity index (χ1) is 3.13. The van der Waals surface area contributed by atoms with Crippen molar-refractivity contribution in [2.24, 2.45) is 0 Å². The van der Waals surface area contributed by atoms with Gasteiger partial charge in [-0.3, -0.25) is 0 Å². The van der Waals surface area contributed by atoms with Gasteiger partial charge in [0.05, 0.1) is 0 Å². The third-order valence-electron chi connectivity index (χ3n) is 0.167. The van der Waals surface area contributed by atoms with E-state index in [1.54, 1.807) is 0 Å². The van der Waals surface area contributed by atoms with E-state index in [1.165, 1.54) is 0 Å². The largest absolute Gasteiger partial charge is 2.00 e. The molecule has 0 fully saturated rings. The summed E-state index contributed by atoms with van der Waals surface area (Å²) in [5.41, 5.74) is 0. The minimum Gasteiger partial charge on any atom is -0.483 e. The van der Waals surface area contributed by atoms with Gasteiger partial charge in [0.15, 0.2) is 0 Å². The zero-order valence-corrected chi connectivity index (χ0v) is 6.46. The first kappa shape index (κ1) is 16.0. The molecule has 0 saturated carbocycles. The van der Waals surface area contributed by atoms with Gasteiger partial charge in [-0.2, -0.15) is 0 Å². The van der Waals surface area contributed by atoms with E-state index in [0.717, 1.165) is 0 Å². The van der Waals surface area contributed by atoms with Crippen LogP contribution in [0.3, 0.4) is 0 Å². The van der Waals surface area contributed by atoms with Gasteiger partial charge in [0.25, 0.3) is 12.3 Å². The molecule has 0 unspecified atom stereocenters. The molecule has 0 amide bonds. The van der Waals surface area contributed by atoms with Gasteiger partial charge in [0.1, 0.15) is 0 Å². The van der Waals surface area contributed by atoms with Gasteiger partial charge in [-0.05, 0) is 0 Å². The van der Waals surface area contributed by atoms with E-state index in [0.29, 0.717) is 0 Å². The number of hydrogen-bond acceptors (Lipinski definition) is 5. The minimum absolute atomic E-state index is 0. The van der Waals surface area contributed by atoms with Crippen LogP contribution in [0.25, 0.3) is 0 Å². The maximum absolute atomic E-state index is 9.06. The van der Waals surface area contributed by atoms with Crippen molar-refractivity contribution in [1.29, 1.82) is 0 Å². The Hall–Kier alpha value is -0.0403. The van der Waals surface area contributed by atoms with E-state index in [9.17, 15) is 0 Å². The molecule has 0 aliphatic heterocycles. The summed E-state index contributed by atoms with van der Waals surface area (Å²) in [4.78, 5) is 18.1. The van der Waals surface area contributed by atoms with Crippen molar-refractivity contribution in [3.05, 3.63) is 0 Å². The van der Waals surface area contributed by atoms with E-state index in [2.05, 4.69) is 4.74 Å². The van der Waals surface area contributed by atoms with Gasteiger partial charge < -0.3 is 30.0 Å². The molecule has 0 aromatic carbocycles. The Bertz CT molecular complexity index is 87.2. The summed E-state index contributed by atoms with van der Waals surface area (Å²) in [6.45, 7) is 0. The fraction of sp³-hybridized carbons (Fsp3) is 0. The third kappa shape index (κ3) is 18.0. The molecular weight excluding hydrogens is 160 g/mol. The molecule has 48 valence electrons. The number of ether oxygens (including phenoxy) is 1. The molecule has 0 aliphatic carbocycles. The first-order valence-electron chi connectivity index (χ1n) is 1.22. The maximum atomic E-state index is 9.06. The fourth-order valence-corrected chi connectivity index (χ4v) is 0.0680. The fourth-order valence-electron chi connectivity index (χ4n) is 0.0680. The van der Waals surface area contributed by atoms with Gasteiger partial charge in [0.2, 0.25) is 0 Å². The summed E-state index contributed by atoms with van der Waals surface area (Å²) >= 11 is 0. The van der Waals surface area contributed by atoms with Crippen molar-refractivity contribution in [3.63, 3.8) is 0 Å². The number of carbonyl (C=O) groups excluding carboxylic acids is 2. The Kier molecular flexibility index (Phi) is 14.1. The van der Waals surface area contributed by atoms with Crippen molar-refractivity contribution in [3.8, 4) is 0 Å². The smallest absolute Gasteiger partial charge is 0.483 e. The average Bonchev–Trinajstić information content (AvgIpc) is 1.27. The van der Waals surface area contributed by atoms with E-state index < -0.39 is 12.3 Å². The molecule has 2 N–H and O–H groups in total. The first-order valence-corrected chi connectivity index (χ1v) is 1.22. The number of carbonyl (C=O) groups is 2. The molecule has 0 radical (unpaired) electrons. The Morgan fingerprint density at radius 3 is 1.33 bits per heavy atom. The molecule has 0 aliphatic rings. The molecule has 7 heteroatoms. The summed E-state index contributed by atoms with van der Waals surface area (Å²) < 4.78 is 2.86. The summed E-state index contributed by atoms with van der Waals surface area (Å²) in [5.74, 6) is 0. The second-order valence-electron chi connectivity index (χ2n) is 0.602. The third-order valence-corrected chi connectivity index (χ3v) is 0.167. The maximum Gasteiger partial charge on any atom is 2.00 e. The molecule has 0 bridgehead atoms. The van der Waals surface area contributed by atoms with Crippen molar-refractivity contribution in [1.82, 2.24) is 0 Å². The zero-order valence-electron chi connectivity index (χ0n) is 4.25. The van der Waals surface area contributed by atoms with Crippen molar-refractivity contribution >= 4 is 50.0 Å². The number of rotatable bonds is 0. The second-order valence-corrected chi connectivity index (χ2v) is 0.602.